The largest absolute Gasteiger partial charge is 0.354 e. The van der Waals surface area contributed by atoms with Crippen molar-refractivity contribution < 1.29 is 14.4 Å². The number of nitrogens with zero attached hydrogens (tertiary/aromatic N) is 1. The van der Waals surface area contributed by atoms with Gasteiger partial charge in [0.15, 0.2) is 6.10 Å². The second kappa shape index (κ2) is 4.41. The fourth-order valence-corrected chi connectivity index (χ4v) is 1.60. The van der Waals surface area contributed by atoms with Crippen LogP contribution in [-0.2, 0) is 14.4 Å². The first kappa shape index (κ1) is 11.4. The van der Waals surface area contributed by atoms with Crippen molar-refractivity contribution in [1.29, 1.82) is 0 Å². The number of hydrogen-bond acceptors (Lipinski definition) is 3. The van der Waals surface area contributed by atoms with E-state index in [0.717, 1.165) is 5.56 Å². The molecule has 0 unspecified atom stereocenters. The highest BCUT2D eigenvalue weighted by Gasteiger charge is 2.47. The second-order valence-corrected chi connectivity index (χ2v) is 3.98. The van der Waals surface area contributed by atoms with E-state index >= 15 is 0 Å². The fraction of sp³-hybridized carbons (Fsp3) is 0.364. The Morgan fingerprint density at radius 2 is 2.06 bits per heavy atom. The number of epoxide rings is 1. The molecular formula is C11H12ClNO3. The number of hydroxylamine groups is 2. The molecule has 16 heavy (non-hydrogen) atoms. The van der Waals surface area contributed by atoms with E-state index in [4.69, 9.17) is 21.2 Å². The van der Waals surface area contributed by atoms with E-state index in [0.29, 0.717) is 5.02 Å². The number of ether oxygens (including phenoxy) is 1. The van der Waals surface area contributed by atoms with Crippen molar-refractivity contribution in [2.45, 2.75) is 12.2 Å². The quantitative estimate of drug-likeness (QED) is 0.599. The molecule has 1 aliphatic heterocycles. The Bertz CT molecular complexity index is 393. The third-order valence-corrected chi connectivity index (χ3v) is 2.77. The van der Waals surface area contributed by atoms with Crippen molar-refractivity contribution in [3.63, 3.8) is 0 Å². The lowest BCUT2D eigenvalue weighted by Crippen LogP contribution is -2.29. The van der Waals surface area contributed by atoms with Gasteiger partial charge in [0.25, 0.3) is 5.91 Å². The first-order valence-corrected chi connectivity index (χ1v) is 5.24. The summed E-state index contributed by atoms with van der Waals surface area (Å²) in [5, 5.41) is 1.84. The van der Waals surface area contributed by atoms with Crippen molar-refractivity contribution in [2.75, 3.05) is 14.2 Å². The zero-order valence-electron chi connectivity index (χ0n) is 9.01. The lowest BCUT2D eigenvalue weighted by atomic mass is 10.1. The van der Waals surface area contributed by atoms with Crippen LogP contribution in [0.25, 0.3) is 0 Å². The summed E-state index contributed by atoms with van der Waals surface area (Å²) >= 11 is 5.77. The van der Waals surface area contributed by atoms with Gasteiger partial charge in [-0.1, -0.05) is 23.7 Å². The van der Waals surface area contributed by atoms with Gasteiger partial charge in [-0.2, -0.15) is 0 Å². The van der Waals surface area contributed by atoms with Gasteiger partial charge in [-0.05, 0) is 17.7 Å². The highest BCUT2D eigenvalue weighted by molar-refractivity contribution is 6.30. The summed E-state index contributed by atoms with van der Waals surface area (Å²) in [6, 6.07) is 7.26. The highest BCUT2D eigenvalue weighted by atomic mass is 35.5. The number of hydrogen-bond donors (Lipinski definition) is 0. The van der Waals surface area contributed by atoms with Crippen LogP contribution in [0.15, 0.2) is 24.3 Å². The zero-order chi connectivity index (χ0) is 11.7. The van der Waals surface area contributed by atoms with E-state index in [1.807, 2.05) is 12.1 Å². The molecule has 1 heterocycles. The van der Waals surface area contributed by atoms with Crippen LogP contribution < -0.4 is 0 Å². The second-order valence-electron chi connectivity index (χ2n) is 3.55. The molecule has 1 saturated heterocycles. The lowest BCUT2D eigenvalue weighted by molar-refractivity contribution is -0.170. The van der Waals surface area contributed by atoms with Gasteiger partial charge in [0.1, 0.15) is 6.10 Å². The van der Waals surface area contributed by atoms with Crippen LogP contribution in [-0.4, -0.2) is 31.2 Å². The topological polar surface area (TPSA) is 42.1 Å². The maximum Gasteiger partial charge on any atom is 0.278 e. The van der Waals surface area contributed by atoms with Crippen LogP contribution >= 0.6 is 11.6 Å². The van der Waals surface area contributed by atoms with Gasteiger partial charge < -0.3 is 4.74 Å². The van der Waals surface area contributed by atoms with Gasteiger partial charge in [0.05, 0.1) is 7.11 Å². The van der Waals surface area contributed by atoms with Crippen molar-refractivity contribution in [1.82, 2.24) is 5.06 Å². The lowest BCUT2D eigenvalue weighted by Gasteiger charge is -2.11. The van der Waals surface area contributed by atoms with E-state index in [9.17, 15) is 4.79 Å². The van der Waals surface area contributed by atoms with Crippen LogP contribution in [0.5, 0.6) is 0 Å². The van der Waals surface area contributed by atoms with Crippen molar-refractivity contribution in [3.8, 4) is 0 Å². The Balaban J connectivity index is 2.01. The summed E-state index contributed by atoms with van der Waals surface area (Å²) < 4.78 is 5.31. The van der Waals surface area contributed by atoms with Crippen LogP contribution in [0, 0.1) is 0 Å². The number of rotatable bonds is 3. The number of amides is 1. The molecular weight excluding hydrogens is 230 g/mol. The van der Waals surface area contributed by atoms with Gasteiger partial charge in [0, 0.05) is 12.1 Å². The third kappa shape index (κ3) is 2.19. The number of carbonyl (C=O) groups is 1. The summed E-state index contributed by atoms with van der Waals surface area (Å²) in [4.78, 5) is 16.4. The molecule has 0 bridgehead atoms. The van der Waals surface area contributed by atoms with E-state index in [1.54, 1.807) is 19.2 Å². The molecule has 0 aliphatic carbocycles. The predicted octanol–water partition coefficient (Wildman–Crippen LogP) is 1.80. The number of benzene rings is 1. The van der Waals surface area contributed by atoms with Crippen LogP contribution in [0.4, 0.5) is 0 Å². The van der Waals surface area contributed by atoms with Gasteiger partial charge in [-0.3, -0.25) is 9.63 Å². The minimum absolute atomic E-state index is 0.178. The van der Waals surface area contributed by atoms with E-state index in [2.05, 4.69) is 0 Å². The summed E-state index contributed by atoms with van der Waals surface area (Å²) in [6.07, 6.45) is -0.617. The van der Waals surface area contributed by atoms with Crippen LogP contribution in [0.3, 0.4) is 0 Å². The minimum atomic E-state index is -0.439. The van der Waals surface area contributed by atoms with Crippen LogP contribution in [0.1, 0.15) is 11.7 Å². The molecule has 2 rings (SSSR count). The summed E-state index contributed by atoms with van der Waals surface area (Å²) in [6.45, 7) is 0. The molecule has 0 spiro atoms. The monoisotopic (exact) mass is 241 g/mol. The molecule has 0 saturated carbocycles. The first-order valence-electron chi connectivity index (χ1n) is 4.86. The van der Waals surface area contributed by atoms with Gasteiger partial charge >= 0.3 is 0 Å². The molecule has 1 aromatic carbocycles. The molecule has 0 aromatic heterocycles. The fourth-order valence-electron chi connectivity index (χ4n) is 1.48. The Labute approximate surface area is 98.7 Å². The summed E-state index contributed by atoms with van der Waals surface area (Å²) in [5.74, 6) is -0.178. The molecule has 4 nitrogen and oxygen atoms in total. The van der Waals surface area contributed by atoms with Gasteiger partial charge in [0.2, 0.25) is 0 Å². The normalized spacial score (nSPS) is 22.9. The first-order chi connectivity index (χ1) is 7.63. The van der Waals surface area contributed by atoms with Crippen molar-refractivity contribution >= 4 is 17.5 Å². The predicted molar refractivity (Wildman–Crippen MR) is 58.8 cm³/mol. The Kier molecular flexibility index (Phi) is 3.14. The molecule has 1 fully saturated rings. The van der Waals surface area contributed by atoms with Crippen molar-refractivity contribution in [2.24, 2.45) is 0 Å². The van der Waals surface area contributed by atoms with Crippen molar-refractivity contribution in [3.05, 3.63) is 34.9 Å². The van der Waals surface area contributed by atoms with E-state index in [1.165, 1.54) is 12.2 Å². The standard InChI is InChI=1S/C11H12ClNO3/c1-13(15-2)11(14)10-9(16-10)7-3-5-8(12)6-4-7/h3-6,9-10H,1-2H3/t9-,10-/m0/s1. The maximum atomic E-state index is 11.6. The smallest absolute Gasteiger partial charge is 0.278 e. The Hall–Kier alpha value is -1.10. The molecule has 1 aromatic rings. The minimum Gasteiger partial charge on any atom is -0.354 e. The Morgan fingerprint density at radius 1 is 1.44 bits per heavy atom. The zero-order valence-corrected chi connectivity index (χ0v) is 9.77. The summed E-state index contributed by atoms with van der Waals surface area (Å²) in [7, 11) is 3.00. The van der Waals surface area contributed by atoms with E-state index < -0.39 is 6.10 Å². The molecule has 5 heteroatoms. The van der Waals surface area contributed by atoms with Gasteiger partial charge in [-0.25, -0.2) is 5.06 Å². The highest BCUT2D eigenvalue weighted by Crippen LogP contribution is 2.39. The molecule has 1 amide bonds. The summed E-state index contributed by atoms with van der Waals surface area (Å²) in [5.41, 5.74) is 0.951. The Morgan fingerprint density at radius 3 is 2.62 bits per heavy atom. The average Bonchev–Trinajstić information content (AvgIpc) is 3.08. The third-order valence-electron chi connectivity index (χ3n) is 2.52. The SMILES string of the molecule is CON(C)C(=O)[C@H]1O[C@H]1c1ccc(Cl)cc1. The number of carbonyl (C=O) groups excluding carboxylic acids is 1. The van der Waals surface area contributed by atoms with Crippen LogP contribution in [0.2, 0.25) is 5.02 Å². The number of likely N-dealkylation sites (N-methyl/N-ethyl adjacent to an activating group) is 1. The molecule has 0 N–H and O–H groups in total. The van der Waals surface area contributed by atoms with E-state index in [-0.39, 0.29) is 12.0 Å². The average molecular weight is 242 g/mol. The maximum absolute atomic E-state index is 11.6. The molecule has 2 atom stereocenters. The number of halogens is 1. The molecule has 86 valence electrons. The molecule has 1 aliphatic rings. The molecule has 0 radical (unpaired) electrons. The van der Waals surface area contributed by atoms with Gasteiger partial charge in [-0.15, -0.1) is 0 Å².